The monoisotopic (exact) mass is 631 g/mol. The van der Waals surface area contributed by atoms with E-state index < -0.39 is 73.1 Å². The number of hydrogen-bond donors (Lipinski definition) is 2. The topological polar surface area (TPSA) is 171 Å². The van der Waals surface area contributed by atoms with E-state index in [0.29, 0.717) is 33.7 Å². The van der Waals surface area contributed by atoms with Gasteiger partial charge in [-0.15, -0.1) is 9.50 Å². The first-order valence-electron chi connectivity index (χ1n) is 8.48. The van der Waals surface area contributed by atoms with Gasteiger partial charge in [0.2, 0.25) is 9.14 Å². The van der Waals surface area contributed by atoms with Gasteiger partial charge in [0, 0.05) is 12.7 Å². The fourth-order valence-corrected chi connectivity index (χ4v) is 5.93. The maximum Gasteiger partial charge on any atom is 0.460 e. The number of aryl methyl sites for hydroxylation is 1. The molecule has 0 fully saturated rings. The molecule has 0 amide bonds. The normalized spacial score (nSPS) is 15.2. The van der Waals surface area contributed by atoms with Crippen molar-refractivity contribution in [1.29, 1.82) is 0 Å². The van der Waals surface area contributed by atoms with E-state index in [9.17, 15) is 64.8 Å². The summed E-state index contributed by atoms with van der Waals surface area (Å²) in [5.74, 6) is -14.9. The Hall–Kier alpha value is -2.44. The number of hydrogen-bond acceptors (Lipinski definition) is 8. The molecule has 3 N–H and O–H groups in total. The fraction of sp³-hybridized carbons (Fsp3) is 0.385. The SMILES string of the molecule is Cn1nc(S(N)(=O)=O)s/c1=N\S(=O)(=O)c1ccc(NS(=O)(=O)C(F)(F)C(F)(F)C(F)(F)C(F)(F)F)cc1. The molecule has 37 heavy (non-hydrogen) atoms. The van der Waals surface area contributed by atoms with Crippen molar-refractivity contribution in [3.05, 3.63) is 29.1 Å². The van der Waals surface area contributed by atoms with E-state index >= 15 is 0 Å². The standard InChI is InChI=1S/C13H10F9N5O6S4/c1-27-8(34-9(24-27)35(23,28)29)26-36(30,31)7-4-2-6(3-5-7)25-37(32,33)13(21,22)11(16,17)10(14,15)12(18,19)20/h2-5,25H,1H3,(H2,23,28,29)/b26-8-. The van der Waals surface area contributed by atoms with Crippen molar-refractivity contribution in [2.24, 2.45) is 16.6 Å². The van der Waals surface area contributed by atoms with Gasteiger partial charge in [-0.2, -0.15) is 56.3 Å². The van der Waals surface area contributed by atoms with Gasteiger partial charge in [0.25, 0.3) is 20.0 Å². The van der Waals surface area contributed by atoms with Gasteiger partial charge >= 0.3 is 33.3 Å². The number of nitrogens with one attached hydrogen (secondary N) is 1. The van der Waals surface area contributed by atoms with Crippen LogP contribution in [0.3, 0.4) is 0 Å². The van der Waals surface area contributed by atoms with E-state index in [-0.39, 0.29) is 11.3 Å². The first-order chi connectivity index (χ1) is 16.3. The molecule has 1 heterocycles. The number of nitrogens with zero attached hydrogens (tertiary/aromatic N) is 3. The molecule has 0 atom stereocenters. The lowest BCUT2D eigenvalue weighted by Crippen LogP contribution is -2.64. The van der Waals surface area contributed by atoms with Crippen molar-refractivity contribution in [2.75, 3.05) is 4.72 Å². The van der Waals surface area contributed by atoms with Gasteiger partial charge < -0.3 is 0 Å². The van der Waals surface area contributed by atoms with Gasteiger partial charge in [-0.3, -0.25) is 4.72 Å². The molecule has 0 aliphatic rings. The third-order valence-corrected chi connectivity index (χ3v) is 9.13. The van der Waals surface area contributed by atoms with Gasteiger partial charge in [0.1, 0.15) is 0 Å². The van der Waals surface area contributed by atoms with Gasteiger partial charge in [-0.05, 0) is 24.3 Å². The summed E-state index contributed by atoms with van der Waals surface area (Å²) in [6.45, 7) is 0. The predicted octanol–water partition coefficient (Wildman–Crippen LogP) is 1.59. The second-order valence-corrected chi connectivity index (χ2v) is 12.7. The van der Waals surface area contributed by atoms with Crippen LogP contribution in [0.4, 0.5) is 45.2 Å². The van der Waals surface area contributed by atoms with Gasteiger partial charge in [-0.25, -0.2) is 18.2 Å². The zero-order chi connectivity index (χ0) is 29.0. The molecule has 0 saturated heterocycles. The van der Waals surface area contributed by atoms with E-state index in [1.807, 2.05) is 0 Å². The summed E-state index contributed by atoms with van der Waals surface area (Å²) in [5, 5.41) is 1.25. The maximum absolute atomic E-state index is 13.8. The number of benzene rings is 1. The van der Waals surface area contributed by atoms with Gasteiger partial charge in [0.05, 0.1) is 4.90 Å². The van der Waals surface area contributed by atoms with Crippen LogP contribution in [0.25, 0.3) is 0 Å². The summed E-state index contributed by atoms with van der Waals surface area (Å²) in [6, 6.07) is 1.61. The van der Waals surface area contributed by atoms with Crippen molar-refractivity contribution in [2.45, 2.75) is 32.5 Å². The molecule has 2 rings (SSSR count). The van der Waals surface area contributed by atoms with Crippen LogP contribution in [0, 0.1) is 0 Å². The highest BCUT2D eigenvalue weighted by Crippen LogP contribution is 2.54. The van der Waals surface area contributed by atoms with Crippen LogP contribution < -0.4 is 14.7 Å². The molecule has 0 aliphatic heterocycles. The molecule has 0 unspecified atom stereocenters. The van der Waals surface area contributed by atoms with E-state index in [2.05, 4.69) is 9.50 Å². The third kappa shape index (κ3) is 5.56. The fourth-order valence-electron chi connectivity index (χ4n) is 2.12. The maximum atomic E-state index is 13.8. The molecular formula is C13H10F9N5O6S4. The lowest BCUT2D eigenvalue weighted by atomic mass is 10.1. The quantitative estimate of drug-likeness (QED) is 0.417. The molecule has 2 aromatic rings. The zero-order valence-corrected chi connectivity index (χ0v) is 20.5. The summed E-state index contributed by atoms with van der Waals surface area (Å²) in [7, 11) is -15.0. The molecule has 24 heteroatoms. The summed E-state index contributed by atoms with van der Waals surface area (Å²) < 4.78 is 191. The second-order valence-electron chi connectivity index (χ2n) is 6.68. The van der Waals surface area contributed by atoms with Crippen molar-refractivity contribution in [3.8, 4) is 0 Å². The molecule has 0 saturated carbocycles. The second kappa shape index (κ2) is 9.09. The van der Waals surface area contributed by atoms with Crippen LogP contribution in [-0.2, 0) is 37.1 Å². The number of halogens is 9. The van der Waals surface area contributed by atoms with Crippen LogP contribution in [0.2, 0.25) is 0 Å². The van der Waals surface area contributed by atoms with Crippen molar-refractivity contribution in [1.82, 2.24) is 9.78 Å². The number of aromatic nitrogens is 2. The highest BCUT2D eigenvalue weighted by Gasteiger charge is 2.85. The first-order valence-corrected chi connectivity index (χ1v) is 13.8. The molecule has 210 valence electrons. The lowest BCUT2D eigenvalue weighted by Gasteiger charge is -2.33. The van der Waals surface area contributed by atoms with Crippen LogP contribution in [-0.4, -0.2) is 58.3 Å². The molecule has 11 nitrogen and oxygen atoms in total. The van der Waals surface area contributed by atoms with Crippen molar-refractivity contribution >= 4 is 47.1 Å². The van der Waals surface area contributed by atoms with Crippen molar-refractivity contribution in [3.63, 3.8) is 0 Å². The average molecular weight is 632 g/mol. The van der Waals surface area contributed by atoms with Gasteiger partial charge in [0.15, 0.2) is 0 Å². The van der Waals surface area contributed by atoms with Crippen LogP contribution in [0.5, 0.6) is 0 Å². The first kappa shape index (κ1) is 30.8. The number of nitrogens with two attached hydrogens (primary N) is 1. The minimum atomic E-state index is -7.47. The van der Waals surface area contributed by atoms with E-state index in [4.69, 9.17) is 5.14 Å². The summed E-state index contributed by atoms with van der Waals surface area (Å²) in [5.41, 5.74) is -1.15. The largest absolute Gasteiger partial charge is 0.460 e. The highest BCUT2D eigenvalue weighted by atomic mass is 32.2. The Morgan fingerprint density at radius 1 is 0.892 bits per heavy atom. The lowest BCUT2D eigenvalue weighted by molar-refractivity contribution is -0.382. The van der Waals surface area contributed by atoms with Crippen LogP contribution >= 0.6 is 11.3 Å². The Morgan fingerprint density at radius 2 is 1.38 bits per heavy atom. The summed E-state index contributed by atoms with van der Waals surface area (Å²) in [6.07, 6.45) is -7.25. The Kier molecular flexibility index (Phi) is 7.56. The smallest absolute Gasteiger partial charge is 0.278 e. The summed E-state index contributed by atoms with van der Waals surface area (Å²) >= 11 is 0.213. The minimum Gasteiger partial charge on any atom is -0.278 e. The summed E-state index contributed by atoms with van der Waals surface area (Å²) in [4.78, 5) is -1.36. The molecule has 1 aromatic carbocycles. The Balaban J connectivity index is 2.42. The van der Waals surface area contributed by atoms with Crippen molar-refractivity contribution < 1.29 is 64.8 Å². The minimum absolute atomic E-state index is 0.213. The third-order valence-electron chi connectivity index (χ3n) is 3.99. The Bertz CT molecular complexity index is 1580. The number of rotatable bonds is 8. The van der Waals surface area contributed by atoms with E-state index in [1.165, 1.54) is 0 Å². The number of primary sulfonamides is 1. The number of alkyl halides is 9. The Labute approximate surface area is 204 Å². The predicted molar refractivity (Wildman–Crippen MR) is 105 cm³/mol. The highest BCUT2D eigenvalue weighted by molar-refractivity contribution is 7.93. The molecular weight excluding hydrogens is 621 g/mol. The number of sulfonamides is 3. The van der Waals surface area contributed by atoms with Gasteiger partial charge in [-0.1, -0.05) is 11.3 Å². The molecule has 0 spiro atoms. The molecule has 1 aromatic heterocycles. The van der Waals surface area contributed by atoms with E-state index in [1.54, 1.807) is 0 Å². The van der Waals surface area contributed by atoms with E-state index in [0.717, 1.165) is 7.05 Å². The van der Waals surface area contributed by atoms with Crippen LogP contribution in [0.1, 0.15) is 0 Å². The molecule has 0 aliphatic carbocycles. The van der Waals surface area contributed by atoms with Crippen LogP contribution in [0.15, 0.2) is 37.9 Å². The number of anilines is 1. The zero-order valence-electron chi connectivity index (χ0n) is 17.2. The molecule has 0 radical (unpaired) electrons. The Morgan fingerprint density at radius 3 is 1.78 bits per heavy atom. The average Bonchev–Trinajstić information content (AvgIpc) is 3.07. The molecule has 0 bridgehead atoms.